The van der Waals surface area contributed by atoms with Gasteiger partial charge in [-0.15, -0.1) is 0 Å². The average Bonchev–Trinajstić information content (AvgIpc) is 3.00. The summed E-state index contributed by atoms with van der Waals surface area (Å²) in [5.41, 5.74) is 1.18. The van der Waals surface area contributed by atoms with Crippen LogP contribution in [0.3, 0.4) is 0 Å². The van der Waals surface area contributed by atoms with Gasteiger partial charge in [-0.2, -0.15) is 5.10 Å². The minimum Gasteiger partial charge on any atom is -0.383 e. The molecule has 7 nitrogen and oxygen atoms in total. The van der Waals surface area contributed by atoms with Crippen LogP contribution in [0.2, 0.25) is 0 Å². The lowest BCUT2D eigenvalue weighted by atomic mass is 10.1. The molecule has 0 radical (unpaired) electrons. The van der Waals surface area contributed by atoms with Crippen LogP contribution in [0, 0.1) is 6.92 Å². The van der Waals surface area contributed by atoms with Gasteiger partial charge in [-0.05, 0) is 32.3 Å². The highest BCUT2D eigenvalue weighted by molar-refractivity contribution is 5.80. The van der Waals surface area contributed by atoms with E-state index < -0.39 is 0 Å². The molecule has 0 atom stereocenters. The molecule has 0 bridgehead atoms. The second kappa shape index (κ2) is 10.3. The molecule has 0 amide bonds. The Morgan fingerprint density at radius 2 is 2.17 bits per heavy atom. The third-order valence-electron chi connectivity index (χ3n) is 4.25. The van der Waals surface area contributed by atoms with Gasteiger partial charge >= 0.3 is 0 Å². The normalized spacial score (nSPS) is 17.2. The Morgan fingerprint density at radius 1 is 1.38 bits per heavy atom. The fourth-order valence-corrected chi connectivity index (χ4v) is 2.89. The zero-order valence-corrected chi connectivity index (χ0v) is 15.3. The molecule has 136 valence electrons. The predicted octanol–water partition coefficient (Wildman–Crippen LogP) is 0.857. The van der Waals surface area contributed by atoms with E-state index in [2.05, 4.69) is 39.5 Å². The number of aliphatic imine (C=N–C) groups is 1. The van der Waals surface area contributed by atoms with Gasteiger partial charge in [0.1, 0.15) is 0 Å². The second-order valence-corrected chi connectivity index (χ2v) is 6.29. The van der Waals surface area contributed by atoms with Crippen molar-refractivity contribution in [3.05, 3.63) is 18.0 Å². The van der Waals surface area contributed by atoms with Crippen LogP contribution in [0.25, 0.3) is 0 Å². The Labute approximate surface area is 145 Å². The number of rotatable bonds is 8. The number of guanidine groups is 1. The smallest absolute Gasteiger partial charge is 0.191 e. The number of ether oxygens (including phenoxy) is 1. The van der Waals surface area contributed by atoms with E-state index in [9.17, 15) is 0 Å². The summed E-state index contributed by atoms with van der Waals surface area (Å²) >= 11 is 0. The average molecular weight is 336 g/mol. The molecule has 0 aromatic carbocycles. The van der Waals surface area contributed by atoms with Gasteiger partial charge < -0.3 is 20.3 Å². The van der Waals surface area contributed by atoms with Gasteiger partial charge in [-0.1, -0.05) is 0 Å². The third kappa shape index (κ3) is 6.49. The van der Waals surface area contributed by atoms with Crippen molar-refractivity contribution < 1.29 is 4.74 Å². The van der Waals surface area contributed by atoms with Gasteiger partial charge in [-0.3, -0.25) is 9.67 Å². The Kier molecular flexibility index (Phi) is 8.04. The maximum atomic E-state index is 5.16. The highest BCUT2D eigenvalue weighted by Gasteiger charge is 2.19. The molecule has 2 rings (SSSR count). The molecule has 24 heavy (non-hydrogen) atoms. The molecule has 1 saturated heterocycles. The fraction of sp³-hybridized carbons (Fsp3) is 0.765. The number of piperidine rings is 1. The third-order valence-corrected chi connectivity index (χ3v) is 4.25. The molecule has 0 spiro atoms. The highest BCUT2D eigenvalue weighted by atomic mass is 16.5. The zero-order chi connectivity index (χ0) is 17.2. The maximum absolute atomic E-state index is 5.16. The van der Waals surface area contributed by atoms with Crippen LogP contribution in [0.5, 0.6) is 0 Å². The number of aryl methyl sites for hydroxylation is 1. The van der Waals surface area contributed by atoms with Crippen LogP contribution in [0.1, 0.15) is 25.3 Å². The number of nitrogens with zero attached hydrogens (tertiary/aromatic N) is 4. The fourth-order valence-electron chi connectivity index (χ4n) is 2.89. The standard InChI is InChI=1S/C17H32N6O/c1-4-18-17(19-7-10-23-14-15(2)13-20-23)21-16-5-8-22(9-6-16)11-12-24-3/h13-14,16H,4-12H2,1-3H3,(H2,18,19,21). The molecule has 7 heteroatoms. The molecule has 1 aliphatic rings. The van der Waals surface area contributed by atoms with Crippen LogP contribution in [-0.4, -0.2) is 73.1 Å². The lowest BCUT2D eigenvalue weighted by molar-refractivity contribution is 0.128. The molecular weight excluding hydrogens is 304 g/mol. The van der Waals surface area contributed by atoms with Crippen LogP contribution in [0.4, 0.5) is 0 Å². The van der Waals surface area contributed by atoms with Crippen molar-refractivity contribution >= 4 is 5.96 Å². The first-order valence-corrected chi connectivity index (χ1v) is 8.96. The molecule has 1 aromatic rings. The van der Waals surface area contributed by atoms with Crippen molar-refractivity contribution in [2.24, 2.45) is 4.99 Å². The quantitative estimate of drug-likeness (QED) is 0.544. The van der Waals surface area contributed by atoms with Crippen molar-refractivity contribution in [2.45, 2.75) is 39.3 Å². The van der Waals surface area contributed by atoms with E-state index in [1.165, 1.54) is 5.56 Å². The number of hydrogen-bond donors (Lipinski definition) is 2. The summed E-state index contributed by atoms with van der Waals surface area (Å²) in [4.78, 5) is 7.14. The zero-order valence-electron chi connectivity index (χ0n) is 15.3. The number of aromatic nitrogens is 2. The Hall–Kier alpha value is -1.60. The van der Waals surface area contributed by atoms with Gasteiger partial charge in [0.05, 0.1) is 25.9 Å². The molecular formula is C17H32N6O. The van der Waals surface area contributed by atoms with Crippen LogP contribution >= 0.6 is 0 Å². The molecule has 1 aromatic heterocycles. The number of likely N-dealkylation sites (tertiary alicyclic amines) is 1. The first-order valence-electron chi connectivity index (χ1n) is 8.96. The van der Waals surface area contributed by atoms with Crippen molar-refractivity contribution in [1.82, 2.24) is 25.3 Å². The van der Waals surface area contributed by atoms with E-state index in [-0.39, 0.29) is 0 Å². The van der Waals surface area contributed by atoms with Crippen molar-refractivity contribution in [3.8, 4) is 0 Å². The summed E-state index contributed by atoms with van der Waals surface area (Å²) in [5.74, 6) is 0.914. The topological polar surface area (TPSA) is 66.7 Å². The Morgan fingerprint density at radius 3 is 2.79 bits per heavy atom. The minimum atomic E-state index is 0.494. The van der Waals surface area contributed by atoms with E-state index in [0.29, 0.717) is 6.04 Å². The summed E-state index contributed by atoms with van der Waals surface area (Å²) in [5, 5.41) is 11.2. The van der Waals surface area contributed by atoms with E-state index in [4.69, 9.17) is 4.74 Å². The van der Waals surface area contributed by atoms with Gasteiger partial charge in [0.2, 0.25) is 0 Å². The summed E-state index contributed by atoms with van der Waals surface area (Å²) in [6, 6.07) is 0.494. The molecule has 0 aliphatic carbocycles. The van der Waals surface area contributed by atoms with Crippen LogP contribution in [-0.2, 0) is 11.3 Å². The monoisotopic (exact) mass is 336 g/mol. The maximum Gasteiger partial charge on any atom is 0.191 e. The number of methoxy groups -OCH3 is 1. The molecule has 2 N–H and O–H groups in total. The van der Waals surface area contributed by atoms with Crippen LogP contribution < -0.4 is 10.6 Å². The SMILES string of the molecule is CCNC(=NCCn1cc(C)cn1)NC1CCN(CCOC)CC1. The second-order valence-electron chi connectivity index (χ2n) is 6.29. The van der Waals surface area contributed by atoms with Gasteiger partial charge in [0.15, 0.2) is 5.96 Å². The molecule has 0 unspecified atom stereocenters. The Bertz CT molecular complexity index is 493. The van der Waals surface area contributed by atoms with Crippen molar-refractivity contribution in [3.63, 3.8) is 0 Å². The highest BCUT2D eigenvalue weighted by Crippen LogP contribution is 2.09. The van der Waals surface area contributed by atoms with E-state index >= 15 is 0 Å². The van der Waals surface area contributed by atoms with E-state index in [0.717, 1.165) is 64.7 Å². The molecule has 1 aliphatic heterocycles. The van der Waals surface area contributed by atoms with Crippen LogP contribution in [0.15, 0.2) is 17.4 Å². The van der Waals surface area contributed by atoms with Crippen molar-refractivity contribution in [2.75, 3.05) is 46.4 Å². The lowest BCUT2D eigenvalue weighted by Gasteiger charge is -2.32. The lowest BCUT2D eigenvalue weighted by Crippen LogP contribution is -2.49. The molecule has 1 fully saturated rings. The molecule has 2 heterocycles. The summed E-state index contributed by atoms with van der Waals surface area (Å²) in [6.07, 6.45) is 6.22. The van der Waals surface area contributed by atoms with Gasteiger partial charge in [0.25, 0.3) is 0 Å². The van der Waals surface area contributed by atoms with Gasteiger partial charge in [-0.25, -0.2) is 0 Å². The summed E-state index contributed by atoms with van der Waals surface area (Å²) in [6.45, 7) is 10.6. The Balaban J connectivity index is 1.75. The number of hydrogen-bond acceptors (Lipinski definition) is 4. The first kappa shape index (κ1) is 18.7. The van der Waals surface area contributed by atoms with E-state index in [1.54, 1.807) is 7.11 Å². The predicted molar refractivity (Wildman–Crippen MR) is 97.4 cm³/mol. The van der Waals surface area contributed by atoms with Crippen molar-refractivity contribution in [1.29, 1.82) is 0 Å². The first-order chi connectivity index (χ1) is 11.7. The molecule has 0 saturated carbocycles. The van der Waals surface area contributed by atoms with Gasteiger partial charge in [0, 0.05) is 45.5 Å². The number of nitrogens with one attached hydrogen (secondary N) is 2. The minimum absolute atomic E-state index is 0.494. The summed E-state index contributed by atoms with van der Waals surface area (Å²) in [7, 11) is 1.76. The van der Waals surface area contributed by atoms with E-state index in [1.807, 2.05) is 17.1 Å². The summed E-state index contributed by atoms with van der Waals surface area (Å²) < 4.78 is 7.10. The largest absolute Gasteiger partial charge is 0.383 e.